The van der Waals surface area contributed by atoms with E-state index in [1.807, 2.05) is 0 Å². The summed E-state index contributed by atoms with van der Waals surface area (Å²) in [6.45, 7) is 2.85. The molecule has 0 rings (SSSR count). The quantitative estimate of drug-likeness (QED) is 0.154. The van der Waals surface area contributed by atoms with Crippen molar-refractivity contribution in [2.45, 2.75) is 39.2 Å². The van der Waals surface area contributed by atoms with Gasteiger partial charge in [-0.2, -0.15) is 0 Å². The summed E-state index contributed by atoms with van der Waals surface area (Å²) in [6.07, 6.45) is -2.18. The first kappa shape index (κ1) is 23.4. The van der Waals surface area contributed by atoms with Gasteiger partial charge in [0.2, 0.25) is 11.7 Å². The molecule has 10 heteroatoms. The number of carbonyl (C=O) groups excluding carboxylic acids is 4. The fraction of sp³-hybridized carbons (Fsp3) is 0.667. The topological polar surface area (TPSA) is 147 Å². The largest absolute Gasteiger partial charge is 0.476 e. The Kier molecular flexibility index (Phi) is 10.4. The van der Waals surface area contributed by atoms with Crippen LogP contribution in [0.25, 0.3) is 0 Å². The first-order chi connectivity index (χ1) is 11.5. The number of ketones is 2. The summed E-state index contributed by atoms with van der Waals surface area (Å²) in [5.41, 5.74) is -0.606. The number of ether oxygens (including phenoxy) is 1. The molecule has 9 nitrogen and oxygen atoms in total. The number of aliphatic hydroxyl groups is 1. The standard InChI is InChI=1S/C15H22INO8/c1-15(2,8-16)12(21)13(22)17-6-5-11(20)25-7-9(18)3-4-10(19)14(23)24/h12,21H,3-8H2,1-2H3,(H,17,22)(H,23,24)/t12-/m0/s1. The maximum atomic E-state index is 11.7. The van der Waals surface area contributed by atoms with E-state index < -0.39 is 54.0 Å². The van der Waals surface area contributed by atoms with Crippen LogP contribution in [0.1, 0.15) is 33.1 Å². The Hall–Kier alpha value is -1.56. The van der Waals surface area contributed by atoms with Gasteiger partial charge in [0.15, 0.2) is 5.78 Å². The average molecular weight is 471 g/mol. The van der Waals surface area contributed by atoms with Crippen LogP contribution in [0.2, 0.25) is 0 Å². The SMILES string of the molecule is CC(C)(CI)[C@@H](O)C(=O)NCCC(=O)OCC(=O)CCC(=O)C(=O)O. The highest BCUT2D eigenvalue weighted by Gasteiger charge is 2.32. The van der Waals surface area contributed by atoms with Crippen LogP contribution in [-0.2, 0) is 28.7 Å². The first-order valence-electron chi connectivity index (χ1n) is 7.46. The van der Waals surface area contributed by atoms with Crippen molar-refractivity contribution in [2.24, 2.45) is 5.41 Å². The molecule has 0 aromatic carbocycles. The number of carboxylic acids is 1. The molecule has 25 heavy (non-hydrogen) atoms. The van der Waals surface area contributed by atoms with E-state index in [2.05, 4.69) is 32.6 Å². The molecule has 3 N–H and O–H groups in total. The summed E-state index contributed by atoms with van der Waals surface area (Å²) in [5, 5.41) is 20.6. The van der Waals surface area contributed by atoms with Crippen LogP contribution in [0.5, 0.6) is 0 Å². The number of aliphatic carboxylic acids is 1. The number of nitrogens with one attached hydrogen (secondary N) is 1. The van der Waals surface area contributed by atoms with E-state index in [0.717, 1.165) is 0 Å². The number of rotatable bonds is 12. The molecule has 0 aliphatic heterocycles. The highest BCUT2D eigenvalue weighted by molar-refractivity contribution is 14.1. The number of carboxylic acid groups (broad SMARTS) is 1. The van der Waals surface area contributed by atoms with Gasteiger partial charge in [0.25, 0.3) is 0 Å². The van der Waals surface area contributed by atoms with E-state index >= 15 is 0 Å². The van der Waals surface area contributed by atoms with E-state index in [1.165, 1.54) is 0 Å². The maximum Gasteiger partial charge on any atom is 0.372 e. The number of Topliss-reactive ketones (excluding diaryl/α,β-unsaturated/α-hetero) is 2. The summed E-state index contributed by atoms with van der Waals surface area (Å²) < 4.78 is 5.23. The summed E-state index contributed by atoms with van der Waals surface area (Å²) >= 11 is 2.06. The molecule has 0 saturated heterocycles. The lowest BCUT2D eigenvalue weighted by atomic mass is 9.88. The minimum Gasteiger partial charge on any atom is -0.476 e. The third kappa shape index (κ3) is 9.48. The second kappa shape index (κ2) is 11.1. The molecular formula is C15H22INO8. The number of carbonyl (C=O) groups is 5. The highest BCUT2D eigenvalue weighted by Crippen LogP contribution is 2.23. The molecule has 1 atom stereocenters. The predicted octanol–water partition coefficient (Wildman–Crippen LogP) is -0.139. The Bertz CT molecular complexity index is 532. The Morgan fingerprint density at radius 1 is 1.12 bits per heavy atom. The summed E-state index contributed by atoms with van der Waals surface area (Å²) in [7, 11) is 0. The number of hydrogen-bond donors (Lipinski definition) is 3. The van der Waals surface area contributed by atoms with Crippen LogP contribution in [0.15, 0.2) is 0 Å². The lowest BCUT2D eigenvalue weighted by Gasteiger charge is -2.27. The summed E-state index contributed by atoms with van der Waals surface area (Å²) in [6, 6.07) is 0. The second-order valence-corrected chi connectivity index (χ2v) is 6.76. The number of hydrogen-bond acceptors (Lipinski definition) is 7. The molecule has 0 heterocycles. The minimum atomic E-state index is -1.62. The van der Waals surface area contributed by atoms with Gasteiger partial charge in [0.1, 0.15) is 12.7 Å². The van der Waals surface area contributed by atoms with Gasteiger partial charge < -0.3 is 20.3 Å². The predicted molar refractivity (Wildman–Crippen MR) is 94.1 cm³/mol. The van der Waals surface area contributed by atoms with Gasteiger partial charge in [0, 0.05) is 29.2 Å². The molecule has 0 fully saturated rings. The fourth-order valence-electron chi connectivity index (χ4n) is 1.48. The van der Waals surface area contributed by atoms with Gasteiger partial charge in [0.05, 0.1) is 6.42 Å². The van der Waals surface area contributed by atoms with Gasteiger partial charge in [-0.25, -0.2) is 4.79 Å². The van der Waals surface area contributed by atoms with Gasteiger partial charge in [-0.15, -0.1) is 0 Å². The average Bonchev–Trinajstić information content (AvgIpc) is 2.56. The van der Waals surface area contributed by atoms with Crippen molar-refractivity contribution in [1.29, 1.82) is 0 Å². The van der Waals surface area contributed by atoms with E-state index in [-0.39, 0.29) is 19.4 Å². The Morgan fingerprint density at radius 2 is 1.72 bits per heavy atom. The molecule has 0 saturated carbocycles. The molecule has 1 amide bonds. The van der Waals surface area contributed by atoms with E-state index in [0.29, 0.717) is 4.43 Å². The zero-order valence-electron chi connectivity index (χ0n) is 14.0. The molecule has 0 aromatic heterocycles. The van der Waals surface area contributed by atoms with Gasteiger partial charge >= 0.3 is 11.9 Å². The molecule has 0 unspecified atom stereocenters. The lowest BCUT2D eigenvalue weighted by molar-refractivity contribution is -0.150. The van der Waals surface area contributed by atoms with Crippen LogP contribution in [0, 0.1) is 5.41 Å². The third-order valence-electron chi connectivity index (χ3n) is 3.22. The van der Waals surface area contributed by atoms with E-state index in [9.17, 15) is 29.1 Å². The maximum absolute atomic E-state index is 11.7. The van der Waals surface area contributed by atoms with Crippen LogP contribution in [0.3, 0.4) is 0 Å². The Balaban J connectivity index is 4.01. The Labute approximate surface area is 158 Å². The van der Waals surface area contributed by atoms with Gasteiger partial charge in [-0.05, 0) is 0 Å². The molecule has 142 valence electrons. The zero-order chi connectivity index (χ0) is 19.6. The van der Waals surface area contributed by atoms with Crippen molar-refractivity contribution in [2.75, 3.05) is 17.6 Å². The van der Waals surface area contributed by atoms with Crippen molar-refractivity contribution < 1.29 is 38.9 Å². The summed E-state index contributed by atoms with van der Waals surface area (Å²) in [5.74, 6) is -4.62. The van der Waals surface area contributed by atoms with Crippen LogP contribution >= 0.6 is 22.6 Å². The van der Waals surface area contributed by atoms with E-state index in [1.54, 1.807) is 13.8 Å². The lowest BCUT2D eigenvalue weighted by Crippen LogP contribution is -2.45. The Morgan fingerprint density at radius 3 is 2.24 bits per heavy atom. The fourth-order valence-corrected chi connectivity index (χ4v) is 1.89. The molecule has 0 radical (unpaired) electrons. The molecule has 0 aromatic rings. The minimum absolute atomic E-state index is 0.0578. The monoisotopic (exact) mass is 471 g/mol. The van der Waals surface area contributed by atoms with Crippen LogP contribution in [-0.4, -0.2) is 63.3 Å². The second-order valence-electron chi connectivity index (χ2n) is 5.99. The molecule has 0 aliphatic rings. The molecule has 0 spiro atoms. The van der Waals surface area contributed by atoms with Crippen molar-refractivity contribution in [1.82, 2.24) is 5.32 Å². The molecule has 0 aliphatic carbocycles. The van der Waals surface area contributed by atoms with Crippen LogP contribution in [0.4, 0.5) is 0 Å². The number of esters is 1. The number of amides is 1. The van der Waals surface area contributed by atoms with Crippen molar-refractivity contribution in [3.05, 3.63) is 0 Å². The first-order valence-corrected chi connectivity index (χ1v) is 8.99. The number of halogens is 1. The summed E-state index contributed by atoms with van der Waals surface area (Å²) in [4.78, 5) is 55.7. The van der Waals surface area contributed by atoms with Crippen molar-refractivity contribution in [3.63, 3.8) is 0 Å². The molecular weight excluding hydrogens is 449 g/mol. The zero-order valence-corrected chi connectivity index (χ0v) is 16.2. The van der Waals surface area contributed by atoms with Crippen molar-refractivity contribution in [3.8, 4) is 0 Å². The highest BCUT2D eigenvalue weighted by atomic mass is 127. The normalized spacial score (nSPS) is 12.2. The van der Waals surface area contributed by atoms with Gasteiger partial charge in [-0.1, -0.05) is 36.4 Å². The number of alkyl halides is 1. The number of aliphatic hydroxyl groups excluding tert-OH is 1. The van der Waals surface area contributed by atoms with Crippen molar-refractivity contribution >= 4 is 52.0 Å². The third-order valence-corrected chi connectivity index (χ3v) is 5.19. The van der Waals surface area contributed by atoms with Gasteiger partial charge in [-0.3, -0.25) is 19.2 Å². The van der Waals surface area contributed by atoms with Crippen LogP contribution < -0.4 is 5.32 Å². The molecule has 0 bridgehead atoms. The van der Waals surface area contributed by atoms with E-state index in [4.69, 9.17) is 5.11 Å². The smallest absolute Gasteiger partial charge is 0.372 e.